The fourth-order valence-corrected chi connectivity index (χ4v) is 1.92. The zero-order chi connectivity index (χ0) is 8.60. The molecular weight excluding hydrogens is 267 g/mol. The van der Waals surface area contributed by atoms with Gasteiger partial charge in [-0.05, 0) is 41.9 Å². The average Bonchev–Trinajstić information content (AvgIpc) is 2.32. The van der Waals surface area contributed by atoms with Crippen molar-refractivity contribution >= 4 is 22.6 Å². The van der Waals surface area contributed by atoms with Crippen molar-refractivity contribution in [2.75, 3.05) is 0 Å². The third-order valence-electron chi connectivity index (χ3n) is 2.34. The van der Waals surface area contributed by atoms with Crippen molar-refractivity contribution in [3.8, 4) is 0 Å². The Morgan fingerprint density at radius 1 is 1.67 bits per heavy atom. The van der Waals surface area contributed by atoms with Crippen LogP contribution in [0.15, 0.2) is 12.4 Å². The van der Waals surface area contributed by atoms with E-state index in [1.54, 1.807) is 0 Å². The van der Waals surface area contributed by atoms with Gasteiger partial charge in [-0.15, -0.1) is 0 Å². The molecule has 66 valence electrons. The fraction of sp³-hybridized carbons (Fsp3) is 0.625. The summed E-state index contributed by atoms with van der Waals surface area (Å²) in [6.07, 6.45) is 6.75. The van der Waals surface area contributed by atoms with Crippen LogP contribution in [0.25, 0.3) is 0 Å². The predicted molar refractivity (Wildman–Crippen MR) is 53.7 cm³/mol. The molecule has 1 aromatic rings. The van der Waals surface area contributed by atoms with Crippen LogP contribution in [0.2, 0.25) is 0 Å². The Morgan fingerprint density at radius 2 is 2.42 bits per heavy atom. The van der Waals surface area contributed by atoms with Crippen LogP contribution in [0.3, 0.4) is 0 Å². The van der Waals surface area contributed by atoms with E-state index < -0.39 is 5.60 Å². The highest BCUT2D eigenvalue weighted by molar-refractivity contribution is 14.1. The van der Waals surface area contributed by atoms with E-state index in [9.17, 15) is 5.11 Å². The Morgan fingerprint density at radius 3 is 2.83 bits per heavy atom. The number of rotatable bonds is 2. The second-order valence-electron chi connectivity index (χ2n) is 3.43. The maximum atomic E-state index is 9.81. The summed E-state index contributed by atoms with van der Waals surface area (Å²) in [5.41, 5.74) is -0.463. The SMILES string of the molecule is OC1(Cn2cc(I)cn2)CCC1. The molecule has 12 heavy (non-hydrogen) atoms. The fourth-order valence-electron chi connectivity index (χ4n) is 1.47. The van der Waals surface area contributed by atoms with E-state index in [4.69, 9.17) is 0 Å². The highest BCUT2D eigenvalue weighted by Crippen LogP contribution is 2.32. The van der Waals surface area contributed by atoms with Gasteiger partial charge in [-0.25, -0.2) is 0 Å². The van der Waals surface area contributed by atoms with Crippen molar-refractivity contribution in [1.29, 1.82) is 0 Å². The molecule has 0 unspecified atom stereocenters. The first kappa shape index (κ1) is 8.50. The minimum atomic E-state index is -0.463. The molecule has 0 radical (unpaired) electrons. The van der Waals surface area contributed by atoms with Gasteiger partial charge in [0.1, 0.15) is 0 Å². The van der Waals surface area contributed by atoms with E-state index in [1.165, 1.54) is 0 Å². The van der Waals surface area contributed by atoms with Gasteiger partial charge in [-0.1, -0.05) is 0 Å². The first-order valence-electron chi connectivity index (χ1n) is 4.08. The normalized spacial score (nSPS) is 20.5. The summed E-state index contributed by atoms with van der Waals surface area (Å²) in [6, 6.07) is 0. The Kier molecular flexibility index (Phi) is 2.12. The van der Waals surface area contributed by atoms with Crippen LogP contribution < -0.4 is 0 Å². The van der Waals surface area contributed by atoms with Crippen LogP contribution in [-0.2, 0) is 6.54 Å². The number of halogens is 1. The van der Waals surface area contributed by atoms with Crippen molar-refractivity contribution < 1.29 is 5.11 Å². The van der Waals surface area contributed by atoms with Gasteiger partial charge in [-0.3, -0.25) is 4.68 Å². The monoisotopic (exact) mass is 278 g/mol. The maximum absolute atomic E-state index is 9.81. The highest BCUT2D eigenvalue weighted by atomic mass is 127. The van der Waals surface area contributed by atoms with Crippen molar-refractivity contribution in [3.05, 3.63) is 16.0 Å². The van der Waals surface area contributed by atoms with E-state index in [1.807, 2.05) is 17.1 Å². The third-order valence-corrected chi connectivity index (χ3v) is 2.90. The summed E-state index contributed by atoms with van der Waals surface area (Å²) < 4.78 is 2.94. The van der Waals surface area contributed by atoms with Gasteiger partial charge < -0.3 is 5.11 Å². The molecular formula is C8H11IN2O. The molecule has 0 aromatic carbocycles. The smallest absolute Gasteiger partial charge is 0.0842 e. The molecule has 1 saturated carbocycles. The summed E-state index contributed by atoms with van der Waals surface area (Å²) in [6.45, 7) is 0.649. The van der Waals surface area contributed by atoms with Gasteiger partial charge in [0.2, 0.25) is 0 Å². The lowest BCUT2D eigenvalue weighted by Crippen LogP contribution is -2.41. The largest absolute Gasteiger partial charge is 0.388 e. The molecule has 1 fully saturated rings. The summed E-state index contributed by atoms with van der Waals surface area (Å²) in [4.78, 5) is 0. The van der Waals surface area contributed by atoms with Crippen LogP contribution in [0.1, 0.15) is 19.3 Å². The lowest BCUT2D eigenvalue weighted by atomic mass is 9.80. The van der Waals surface area contributed by atoms with Crippen LogP contribution >= 0.6 is 22.6 Å². The molecule has 0 bridgehead atoms. The predicted octanol–water partition coefficient (Wildman–Crippen LogP) is 1.40. The van der Waals surface area contributed by atoms with Gasteiger partial charge in [0.15, 0.2) is 0 Å². The Labute approximate surface area is 84.9 Å². The molecule has 1 heterocycles. The average molecular weight is 278 g/mol. The first-order valence-corrected chi connectivity index (χ1v) is 5.16. The zero-order valence-corrected chi connectivity index (χ0v) is 8.86. The number of aromatic nitrogens is 2. The van der Waals surface area contributed by atoms with Crippen molar-refractivity contribution in [2.45, 2.75) is 31.4 Å². The molecule has 1 aliphatic carbocycles. The topological polar surface area (TPSA) is 38.0 Å². The number of nitrogens with zero attached hydrogens (tertiary/aromatic N) is 2. The molecule has 0 spiro atoms. The molecule has 1 aromatic heterocycles. The number of aliphatic hydroxyl groups is 1. The lowest BCUT2D eigenvalue weighted by Gasteiger charge is -2.36. The van der Waals surface area contributed by atoms with Crippen LogP contribution in [-0.4, -0.2) is 20.5 Å². The zero-order valence-electron chi connectivity index (χ0n) is 6.70. The summed E-state index contributed by atoms with van der Waals surface area (Å²) >= 11 is 2.22. The Bertz CT molecular complexity index is 280. The van der Waals surface area contributed by atoms with E-state index >= 15 is 0 Å². The number of hydrogen-bond acceptors (Lipinski definition) is 2. The van der Waals surface area contributed by atoms with E-state index in [2.05, 4.69) is 27.7 Å². The van der Waals surface area contributed by atoms with E-state index in [0.717, 1.165) is 22.8 Å². The van der Waals surface area contributed by atoms with Gasteiger partial charge >= 0.3 is 0 Å². The Balaban J connectivity index is 2.03. The van der Waals surface area contributed by atoms with Crippen LogP contribution in [0.5, 0.6) is 0 Å². The quantitative estimate of drug-likeness (QED) is 0.830. The first-order chi connectivity index (χ1) is 5.68. The molecule has 0 amide bonds. The van der Waals surface area contributed by atoms with Gasteiger partial charge in [0.25, 0.3) is 0 Å². The van der Waals surface area contributed by atoms with Crippen LogP contribution in [0.4, 0.5) is 0 Å². The molecule has 0 aliphatic heterocycles. The van der Waals surface area contributed by atoms with Gasteiger partial charge in [0.05, 0.1) is 21.9 Å². The van der Waals surface area contributed by atoms with Crippen LogP contribution in [0, 0.1) is 3.57 Å². The number of hydrogen-bond donors (Lipinski definition) is 1. The maximum Gasteiger partial charge on any atom is 0.0842 e. The standard InChI is InChI=1S/C8H11IN2O/c9-7-4-10-11(5-7)6-8(12)2-1-3-8/h4-5,12H,1-3,6H2. The molecule has 0 atom stereocenters. The molecule has 1 N–H and O–H groups in total. The van der Waals surface area contributed by atoms with Crippen molar-refractivity contribution in [1.82, 2.24) is 9.78 Å². The summed E-state index contributed by atoms with van der Waals surface area (Å²) in [7, 11) is 0. The Hall–Kier alpha value is -0.100. The molecule has 4 heteroatoms. The van der Waals surface area contributed by atoms with E-state index in [-0.39, 0.29) is 0 Å². The molecule has 2 rings (SSSR count). The summed E-state index contributed by atoms with van der Waals surface area (Å²) in [5, 5.41) is 13.9. The lowest BCUT2D eigenvalue weighted by molar-refractivity contribution is -0.0498. The van der Waals surface area contributed by atoms with Crippen molar-refractivity contribution in [3.63, 3.8) is 0 Å². The molecule has 0 saturated heterocycles. The minimum absolute atomic E-state index is 0.463. The van der Waals surface area contributed by atoms with Crippen molar-refractivity contribution in [2.24, 2.45) is 0 Å². The highest BCUT2D eigenvalue weighted by Gasteiger charge is 2.34. The minimum Gasteiger partial charge on any atom is -0.388 e. The van der Waals surface area contributed by atoms with Gasteiger partial charge in [-0.2, -0.15) is 5.10 Å². The summed E-state index contributed by atoms with van der Waals surface area (Å²) in [5.74, 6) is 0. The third kappa shape index (κ3) is 1.64. The van der Waals surface area contributed by atoms with Gasteiger partial charge in [0, 0.05) is 6.20 Å². The molecule has 1 aliphatic rings. The second-order valence-corrected chi connectivity index (χ2v) is 4.68. The van der Waals surface area contributed by atoms with E-state index in [0.29, 0.717) is 6.54 Å². The second kappa shape index (κ2) is 2.99. The molecule has 3 nitrogen and oxygen atoms in total.